The molecule has 1 heterocycles. The van der Waals surface area contributed by atoms with Gasteiger partial charge in [-0.05, 0) is 49.8 Å². The van der Waals surface area contributed by atoms with Crippen LogP contribution in [0, 0.1) is 5.92 Å². The van der Waals surface area contributed by atoms with E-state index in [0.29, 0.717) is 11.1 Å². The number of amidine groups is 1. The summed E-state index contributed by atoms with van der Waals surface area (Å²) in [5, 5.41) is 12.8. The molecule has 0 unspecified atom stereocenters. The number of rotatable bonds is 2. The number of nitrogens with zero attached hydrogens (tertiary/aromatic N) is 2. The summed E-state index contributed by atoms with van der Waals surface area (Å²) in [4.78, 5) is 2.46. The normalized spacial score (nSPS) is 26.5. The van der Waals surface area contributed by atoms with Crippen molar-refractivity contribution < 1.29 is 5.21 Å². The number of benzene rings is 1. The zero-order valence-electron chi connectivity index (χ0n) is 12.1. The predicted octanol–water partition coefficient (Wildman–Crippen LogP) is 3.59. The van der Waals surface area contributed by atoms with E-state index in [2.05, 4.69) is 10.1 Å². The molecule has 1 saturated carbocycles. The van der Waals surface area contributed by atoms with Crippen molar-refractivity contribution in [3.05, 3.63) is 28.8 Å². The molecule has 0 aromatic heterocycles. The molecular formula is C16H22ClN3O. The van der Waals surface area contributed by atoms with Crippen LogP contribution in [-0.4, -0.2) is 23.6 Å². The number of hydrogen-bond acceptors (Lipinski definition) is 3. The molecule has 4 nitrogen and oxygen atoms in total. The second kappa shape index (κ2) is 6.14. The molecule has 0 bridgehead atoms. The minimum absolute atomic E-state index is 0.130. The van der Waals surface area contributed by atoms with Crippen LogP contribution in [0.2, 0.25) is 5.02 Å². The lowest BCUT2D eigenvalue weighted by atomic mass is 9.78. The van der Waals surface area contributed by atoms with Crippen molar-refractivity contribution in [1.29, 1.82) is 0 Å². The Kier molecular flexibility index (Phi) is 4.24. The lowest BCUT2D eigenvalue weighted by molar-refractivity contribution is 0.244. The minimum atomic E-state index is 0.130. The smallest absolute Gasteiger partial charge is 0.172 e. The molecule has 1 aromatic carbocycles. The van der Waals surface area contributed by atoms with E-state index >= 15 is 0 Å². The summed E-state index contributed by atoms with van der Waals surface area (Å²) in [5.74, 6) is 0.911. The molecule has 21 heavy (non-hydrogen) atoms. The highest BCUT2D eigenvalue weighted by Crippen LogP contribution is 2.39. The molecule has 1 aromatic rings. The summed E-state index contributed by atoms with van der Waals surface area (Å²) in [6.07, 6.45) is 7.75. The van der Waals surface area contributed by atoms with Gasteiger partial charge in [-0.15, -0.1) is 0 Å². The standard InChI is InChI=1S/C16H22ClN3O/c17-12-7-8-15(13(10-12)16(18)19-21)20-9-3-5-11-4-1-2-6-14(11)20/h7-8,10-11,14,21H,1-6,9H2,(H2,18,19)/t11-,14-/m1/s1. The topological polar surface area (TPSA) is 61.9 Å². The number of piperidine rings is 1. The van der Waals surface area contributed by atoms with Gasteiger partial charge in [-0.1, -0.05) is 29.6 Å². The Morgan fingerprint density at radius 3 is 2.81 bits per heavy atom. The average Bonchev–Trinajstić information content (AvgIpc) is 2.53. The van der Waals surface area contributed by atoms with E-state index in [1.165, 1.54) is 38.5 Å². The number of hydrogen-bond donors (Lipinski definition) is 2. The van der Waals surface area contributed by atoms with Crippen molar-refractivity contribution in [1.82, 2.24) is 0 Å². The fourth-order valence-electron chi connectivity index (χ4n) is 3.94. The Labute approximate surface area is 130 Å². The largest absolute Gasteiger partial charge is 0.409 e. The molecule has 2 atom stereocenters. The van der Waals surface area contributed by atoms with Crippen LogP contribution in [0.1, 0.15) is 44.1 Å². The number of oxime groups is 1. The molecule has 5 heteroatoms. The van der Waals surface area contributed by atoms with E-state index in [0.717, 1.165) is 23.7 Å². The van der Waals surface area contributed by atoms with Crippen LogP contribution in [0.15, 0.2) is 23.4 Å². The zero-order valence-corrected chi connectivity index (χ0v) is 12.9. The van der Waals surface area contributed by atoms with Crippen LogP contribution >= 0.6 is 11.6 Å². The Hall–Kier alpha value is -1.42. The minimum Gasteiger partial charge on any atom is -0.409 e. The van der Waals surface area contributed by atoms with Crippen molar-refractivity contribution >= 4 is 23.1 Å². The van der Waals surface area contributed by atoms with Crippen molar-refractivity contribution in [2.75, 3.05) is 11.4 Å². The molecule has 1 saturated heterocycles. The van der Waals surface area contributed by atoms with Gasteiger partial charge in [0, 0.05) is 28.9 Å². The molecule has 3 N–H and O–H groups in total. The maximum absolute atomic E-state index is 9.04. The summed E-state index contributed by atoms with van der Waals surface area (Å²) >= 11 is 6.08. The van der Waals surface area contributed by atoms with Gasteiger partial charge in [0.25, 0.3) is 0 Å². The first-order valence-corrected chi connectivity index (χ1v) is 8.12. The average molecular weight is 308 g/mol. The second-order valence-corrected chi connectivity index (χ2v) is 6.53. The second-order valence-electron chi connectivity index (χ2n) is 6.09. The van der Waals surface area contributed by atoms with Crippen LogP contribution < -0.4 is 10.6 Å². The van der Waals surface area contributed by atoms with E-state index < -0.39 is 0 Å². The van der Waals surface area contributed by atoms with Crippen molar-refractivity contribution in [2.24, 2.45) is 16.8 Å². The van der Waals surface area contributed by atoms with Gasteiger partial charge >= 0.3 is 0 Å². The fourth-order valence-corrected chi connectivity index (χ4v) is 4.11. The number of halogens is 1. The first kappa shape index (κ1) is 14.5. The molecule has 1 aliphatic carbocycles. The van der Waals surface area contributed by atoms with Crippen LogP contribution in [0.25, 0.3) is 0 Å². The summed E-state index contributed by atoms with van der Waals surface area (Å²) < 4.78 is 0. The number of nitrogens with two attached hydrogens (primary N) is 1. The Morgan fingerprint density at radius 2 is 2.00 bits per heavy atom. The molecule has 0 amide bonds. The van der Waals surface area contributed by atoms with E-state index in [1.54, 1.807) is 6.07 Å². The van der Waals surface area contributed by atoms with Gasteiger partial charge in [0.15, 0.2) is 5.84 Å². The summed E-state index contributed by atoms with van der Waals surface area (Å²) in [5.41, 5.74) is 7.63. The summed E-state index contributed by atoms with van der Waals surface area (Å²) in [6, 6.07) is 6.27. The maximum Gasteiger partial charge on any atom is 0.172 e. The third-order valence-electron chi connectivity index (χ3n) is 4.89. The molecule has 2 aliphatic rings. The van der Waals surface area contributed by atoms with Gasteiger partial charge in [0.1, 0.15) is 0 Å². The first-order valence-electron chi connectivity index (χ1n) is 7.75. The molecule has 3 rings (SSSR count). The predicted molar refractivity (Wildman–Crippen MR) is 86.3 cm³/mol. The van der Waals surface area contributed by atoms with Crippen LogP contribution in [0.5, 0.6) is 0 Å². The highest BCUT2D eigenvalue weighted by molar-refractivity contribution is 6.31. The van der Waals surface area contributed by atoms with E-state index in [1.807, 2.05) is 12.1 Å². The maximum atomic E-state index is 9.04. The lowest BCUT2D eigenvalue weighted by Gasteiger charge is -2.46. The van der Waals surface area contributed by atoms with Crippen molar-refractivity contribution in [3.63, 3.8) is 0 Å². The van der Waals surface area contributed by atoms with Crippen molar-refractivity contribution in [3.8, 4) is 0 Å². The van der Waals surface area contributed by atoms with E-state index in [-0.39, 0.29) is 5.84 Å². The summed E-state index contributed by atoms with van der Waals surface area (Å²) in [6.45, 7) is 1.04. The number of anilines is 1. The van der Waals surface area contributed by atoms with Gasteiger partial charge < -0.3 is 15.8 Å². The Morgan fingerprint density at radius 1 is 1.24 bits per heavy atom. The van der Waals surface area contributed by atoms with Crippen LogP contribution in [0.3, 0.4) is 0 Å². The third-order valence-corrected chi connectivity index (χ3v) is 5.13. The van der Waals surface area contributed by atoms with Gasteiger partial charge in [-0.3, -0.25) is 0 Å². The molecule has 0 radical (unpaired) electrons. The van der Waals surface area contributed by atoms with Crippen LogP contribution in [0.4, 0.5) is 5.69 Å². The highest BCUT2D eigenvalue weighted by Gasteiger charge is 2.34. The molecule has 114 valence electrons. The SMILES string of the molecule is N/C(=N/O)c1cc(Cl)ccc1N1CCC[C@H]2CCCC[C@H]21. The highest BCUT2D eigenvalue weighted by atomic mass is 35.5. The Bertz CT molecular complexity index is 544. The monoisotopic (exact) mass is 307 g/mol. The molecule has 0 spiro atoms. The van der Waals surface area contributed by atoms with E-state index in [9.17, 15) is 0 Å². The number of fused-ring (bicyclic) bond motifs is 1. The summed E-state index contributed by atoms with van der Waals surface area (Å²) in [7, 11) is 0. The van der Waals surface area contributed by atoms with E-state index in [4.69, 9.17) is 22.5 Å². The quantitative estimate of drug-likeness (QED) is 0.380. The van der Waals surface area contributed by atoms with Gasteiger partial charge in [0.2, 0.25) is 0 Å². The van der Waals surface area contributed by atoms with Gasteiger partial charge in [0.05, 0.1) is 0 Å². The lowest BCUT2D eigenvalue weighted by Crippen LogP contribution is -2.47. The van der Waals surface area contributed by atoms with Gasteiger partial charge in [-0.25, -0.2) is 0 Å². The zero-order chi connectivity index (χ0) is 14.8. The Balaban J connectivity index is 1.98. The first-order chi connectivity index (χ1) is 10.2. The molecule has 2 fully saturated rings. The third kappa shape index (κ3) is 2.82. The fraction of sp³-hybridized carbons (Fsp3) is 0.562. The van der Waals surface area contributed by atoms with Crippen LogP contribution in [-0.2, 0) is 0 Å². The van der Waals surface area contributed by atoms with Crippen molar-refractivity contribution in [2.45, 2.75) is 44.6 Å². The molecule has 1 aliphatic heterocycles. The van der Waals surface area contributed by atoms with Gasteiger partial charge in [-0.2, -0.15) is 0 Å². The molecular weight excluding hydrogens is 286 g/mol.